The topological polar surface area (TPSA) is 12.0 Å². The van der Waals surface area contributed by atoms with E-state index in [1.54, 1.807) is 0 Å². The molecule has 0 saturated carbocycles. The summed E-state index contributed by atoms with van der Waals surface area (Å²) in [6, 6.07) is 3.81. The standard InChI is InChI=1S/C9H9BrFN/c1-5-2-6-3-7(10)4-8(11)9(6)12-5/h3-5,12H,2H2,1H3. The maximum absolute atomic E-state index is 13.2. The lowest BCUT2D eigenvalue weighted by Crippen LogP contribution is -2.08. The smallest absolute Gasteiger partial charge is 0.147 e. The van der Waals surface area contributed by atoms with Crippen molar-refractivity contribution >= 4 is 21.6 Å². The van der Waals surface area contributed by atoms with Crippen LogP contribution in [0.1, 0.15) is 12.5 Å². The Bertz CT molecular complexity index is 325. The summed E-state index contributed by atoms with van der Waals surface area (Å²) in [5, 5.41) is 3.10. The predicted octanol–water partition coefficient (Wildman–Crippen LogP) is 2.94. The van der Waals surface area contributed by atoms with Crippen LogP contribution in [0.2, 0.25) is 0 Å². The van der Waals surface area contributed by atoms with Crippen molar-refractivity contribution in [1.29, 1.82) is 0 Å². The van der Waals surface area contributed by atoms with E-state index in [1.807, 2.05) is 13.0 Å². The Morgan fingerprint density at radius 3 is 3.08 bits per heavy atom. The molecule has 0 bridgehead atoms. The quantitative estimate of drug-likeness (QED) is 0.722. The summed E-state index contributed by atoms with van der Waals surface area (Å²) in [6.07, 6.45) is 0.908. The van der Waals surface area contributed by atoms with Gasteiger partial charge in [0.05, 0.1) is 5.69 Å². The summed E-state index contributed by atoms with van der Waals surface area (Å²) in [7, 11) is 0. The van der Waals surface area contributed by atoms with Crippen LogP contribution in [0.4, 0.5) is 10.1 Å². The molecule has 1 aromatic rings. The van der Waals surface area contributed by atoms with Gasteiger partial charge >= 0.3 is 0 Å². The van der Waals surface area contributed by atoms with Crippen LogP contribution >= 0.6 is 15.9 Å². The molecule has 1 atom stereocenters. The molecule has 0 amide bonds. The van der Waals surface area contributed by atoms with Crippen LogP contribution in [0, 0.1) is 5.82 Å². The molecule has 0 fully saturated rings. The Kier molecular flexibility index (Phi) is 1.83. The summed E-state index contributed by atoms with van der Waals surface area (Å²) < 4.78 is 14.0. The van der Waals surface area contributed by atoms with E-state index in [0.29, 0.717) is 11.7 Å². The number of nitrogens with one attached hydrogen (secondary N) is 1. The molecule has 1 heterocycles. The molecule has 64 valence electrons. The Morgan fingerprint density at radius 1 is 1.58 bits per heavy atom. The number of anilines is 1. The van der Waals surface area contributed by atoms with Gasteiger partial charge in [-0.2, -0.15) is 0 Å². The summed E-state index contributed by atoms with van der Waals surface area (Å²) >= 11 is 3.27. The molecule has 12 heavy (non-hydrogen) atoms. The van der Waals surface area contributed by atoms with E-state index in [1.165, 1.54) is 6.07 Å². The summed E-state index contributed by atoms with van der Waals surface area (Å²) in [5.41, 5.74) is 1.74. The van der Waals surface area contributed by atoms with E-state index in [9.17, 15) is 4.39 Å². The van der Waals surface area contributed by atoms with Gasteiger partial charge < -0.3 is 5.32 Å². The fraction of sp³-hybridized carbons (Fsp3) is 0.333. The summed E-state index contributed by atoms with van der Waals surface area (Å²) in [6.45, 7) is 2.05. The number of rotatable bonds is 0. The molecular weight excluding hydrogens is 221 g/mol. The van der Waals surface area contributed by atoms with Crippen molar-refractivity contribution in [2.75, 3.05) is 5.32 Å². The second-order valence-electron chi connectivity index (χ2n) is 3.17. The zero-order valence-corrected chi connectivity index (χ0v) is 8.28. The van der Waals surface area contributed by atoms with Gasteiger partial charge in [-0.15, -0.1) is 0 Å². The second kappa shape index (κ2) is 2.73. The first-order valence-corrected chi connectivity index (χ1v) is 4.70. The van der Waals surface area contributed by atoms with Crippen molar-refractivity contribution in [3.05, 3.63) is 28.0 Å². The Balaban J connectivity index is 2.52. The lowest BCUT2D eigenvalue weighted by Gasteiger charge is -2.03. The van der Waals surface area contributed by atoms with E-state index in [2.05, 4.69) is 21.2 Å². The minimum Gasteiger partial charge on any atom is -0.380 e. The molecule has 0 radical (unpaired) electrons. The van der Waals surface area contributed by atoms with Crippen molar-refractivity contribution in [1.82, 2.24) is 0 Å². The van der Waals surface area contributed by atoms with Crippen LogP contribution in [-0.4, -0.2) is 6.04 Å². The summed E-state index contributed by atoms with van der Waals surface area (Å²) in [4.78, 5) is 0. The van der Waals surface area contributed by atoms with E-state index < -0.39 is 0 Å². The molecule has 1 unspecified atom stereocenters. The molecule has 0 aromatic heterocycles. The largest absolute Gasteiger partial charge is 0.380 e. The maximum Gasteiger partial charge on any atom is 0.147 e. The van der Waals surface area contributed by atoms with Crippen LogP contribution in [-0.2, 0) is 6.42 Å². The van der Waals surface area contributed by atoms with Gasteiger partial charge in [0.1, 0.15) is 5.82 Å². The number of benzene rings is 1. The highest BCUT2D eigenvalue weighted by molar-refractivity contribution is 9.10. The van der Waals surface area contributed by atoms with E-state index in [-0.39, 0.29) is 5.82 Å². The molecule has 1 N–H and O–H groups in total. The van der Waals surface area contributed by atoms with Crippen LogP contribution in [0.3, 0.4) is 0 Å². The third-order valence-corrected chi connectivity index (χ3v) is 2.51. The molecular formula is C9H9BrFN. The Hall–Kier alpha value is -0.570. The lowest BCUT2D eigenvalue weighted by molar-refractivity contribution is 0.630. The van der Waals surface area contributed by atoms with Gasteiger partial charge in [0.15, 0.2) is 0 Å². The van der Waals surface area contributed by atoms with Crippen molar-refractivity contribution < 1.29 is 4.39 Å². The molecule has 0 aliphatic carbocycles. The molecule has 3 heteroatoms. The summed E-state index contributed by atoms with van der Waals surface area (Å²) in [5.74, 6) is -0.163. The van der Waals surface area contributed by atoms with Crippen molar-refractivity contribution in [3.8, 4) is 0 Å². The van der Waals surface area contributed by atoms with Crippen molar-refractivity contribution in [2.24, 2.45) is 0 Å². The third-order valence-electron chi connectivity index (χ3n) is 2.05. The van der Waals surface area contributed by atoms with Gasteiger partial charge in [-0.05, 0) is 31.0 Å². The van der Waals surface area contributed by atoms with Crippen LogP contribution in [0.25, 0.3) is 0 Å². The van der Waals surface area contributed by atoms with E-state index in [4.69, 9.17) is 0 Å². The van der Waals surface area contributed by atoms with Crippen molar-refractivity contribution in [3.63, 3.8) is 0 Å². The minimum atomic E-state index is -0.163. The molecule has 0 saturated heterocycles. The minimum absolute atomic E-state index is 0.163. The third kappa shape index (κ3) is 1.22. The van der Waals surface area contributed by atoms with Crippen LogP contribution in [0.5, 0.6) is 0 Å². The zero-order valence-electron chi connectivity index (χ0n) is 6.70. The molecule has 1 aliphatic rings. The van der Waals surface area contributed by atoms with Crippen molar-refractivity contribution in [2.45, 2.75) is 19.4 Å². The van der Waals surface area contributed by atoms with Crippen LogP contribution in [0.15, 0.2) is 16.6 Å². The van der Waals surface area contributed by atoms with Gasteiger partial charge in [-0.3, -0.25) is 0 Å². The maximum atomic E-state index is 13.2. The fourth-order valence-corrected chi connectivity index (χ4v) is 2.05. The number of fused-ring (bicyclic) bond motifs is 1. The average Bonchev–Trinajstić information content (AvgIpc) is 2.29. The van der Waals surface area contributed by atoms with Gasteiger partial charge in [-0.1, -0.05) is 15.9 Å². The second-order valence-corrected chi connectivity index (χ2v) is 4.09. The Labute approximate surface area is 79.1 Å². The molecule has 0 spiro atoms. The zero-order chi connectivity index (χ0) is 8.72. The SMILES string of the molecule is CC1Cc2cc(Br)cc(F)c2N1. The molecule has 2 rings (SSSR count). The highest BCUT2D eigenvalue weighted by Crippen LogP contribution is 2.31. The van der Waals surface area contributed by atoms with E-state index in [0.717, 1.165) is 16.5 Å². The van der Waals surface area contributed by atoms with Crippen LogP contribution < -0.4 is 5.32 Å². The highest BCUT2D eigenvalue weighted by atomic mass is 79.9. The van der Waals surface area contributed by atoms with E-state index >= 15 is 0 Å². The molecule has 1 aromatic carbocycles. The lowest BCUT2D eigenvalue weighted by atomic mass is 10.1. The van der Waals surface area contributed by atoms with Gasteiger partial charge in [0, 0.05) is 10.5 Å². The van der Waals surface area contributed by atoms with Gasteiger partial charge in [0.25, 0.3) is 0 Å². The normalized spacial score (nSPS) is 20.4. The Morgan fingerprint density at radius 2 is 2.33 bits per heavy atom. The number of hydrogen-bond donors (Lipinski definition) is 1. The van der Waals surface area contributed by atoms with Gasteiger partial charge in [-0.25, -0.2) is 4.39 Å². The average molecular weight is 230 g/mol. The number of hydrogen-bond acceptors (Lipinski definition) is 1. The monoisotopic (exact) mass is 229 g/mol. The highest BCUT2D eigenvalue weighted by Gasteiger charge is 2.20. The molecule has 1 nitrogen and oxygen atoms in total. The predicted molar refractivity (Wildman–Crippen MR) is 50.9 cm³/mol. The van der Waals surface area contributed by atoms with Gasteiger partial charge in [0.2, 0.25) is 0 Å². The molecule has 1 aliphatic heterocycles. The first kappa shape index (κ1) is 8.05. The first-order valence-electron chi connectivity index (χ1n) is 3.91. The first-order chi connectivity index (χ1) is 5.66. The number of halogens is 2. The fourth-order valence-electron chi connectivity index (χ4n) is 1.58.